The van der Waals surface area contributed by atoms with Gasteiger partial charge in [-0.15, -0.1) is 0 Å². The molecule has 8 heteroatoms. The first-order valence-corrected chi connectivity index (χ1v) is 11.9. The van der Waals surface area contributed by atoms with Crippen molar-refractivity contribution in [2.75, 3.05) is 20.8 Å². The summed E-state index contributed by atoms with van der Waals surface area (Å²) in [4.78, 5) is 12.4. The third-order valence-corrected chi connectivity index (χ3v) is 6.96. The number of nitrogens with one attached hydrogen (secondary N) is 1. The Labute approximate surface area is 195 Å². The molecule has 0 aliphatic heterocycles. The number of hydrogen-bond acceptors (Lipinski definition) is 5. The van der Waals surface area contributed by atoms with Gasteiger partial charge in [-0.1, -0.05) is 42.5 Å². The fourth-order valence-corrected chi connectivity index (χ4v) is 4.38. The maximum absolute atomic E-state index is 12.8. The quantitative estimate of drug-likeness (QED) is 0.490. The summed E-state index contributed by atoms with van der Waals surface area (Å²) in [7, 11) is -0.505. The molecular weight excluding hydrogens is 440 g/mol. The van der Waals surface area contributed by atoms with Crippen molar-refractivity contribution >= 4 is 15.9 Å². The van der Waals surface area contributed by atoms with E-state index in [0.29, 0.717) is 5.75 Å². The second-order valence-electron chi connectivity index (χ2n) is 7.57. The van der Waals surface area contributed by atoms with E-state index < -0.39 is 10.0 Å². The minimum atomic E-state index is -3.65. The molecule has 0 radical (unpaired) electrons. The molecule has 0 saturated carbocycles. The Balaban J connectivity index is 1.53. The number of amides is 1. The fraction of sp³-hybridized carbons (Fsp3) is 0.240. The van der Waals surface area contributed by atoms with E-state index in [-0.39, 0.29) is 30.0 Å². The highest BCUT2D eigenvalue weighted by atomic mass is 32.2. The average molecular weight is 469 g/mol. The van der Waals surface area contributed by atoms with Crippen LogP contribution in [0.3, 0.4) is 0 Å². The molecule has 0 aromatic heterocycles. The molecule has 1 unspecified atom stereocenters. The largest absolute Gasteiger partial charge is 0.497 e. The molecule has 0 aliphatic rings. The number of carbonyl (C=O) groups excluding carboxylic acids is 1. The van der Waals surface area contributed by atoms with Gasteiger partial charge >= 0.3 is 0 Å². The molecule has 174 valence electrons. The second-order valence-corrected chi connectivity index (χ2v) is 9.61. The van der Waals surface area contributed by atoms with Gasteiger partial charge in [0.1, 0.15) is 11.5 Å². The van der Waals surface area contributed by atoms with Crippen LogP contribution < -0.4 is 14.8 Å². The lowest BCUT2D eigenvalue weighted by Gasteiger charge is -2.18. The molecule has 3 aromatic carbocycles. The molecule has 1 atom stereocenters. The number of carbonyl (C=O) groups is 1. The highest BCUT2D eigenvalue weighted by Gasteiger charge is 2.21. The SMILES string of the molecule is COc1ccc(C(C)NC(=O)COc2ccc(S(=O)(=O)N(C)Cc3ccccc3)cc2)cc1. The van der Waals surface area contributed by atoms with E-state index >= 15 is 0 Å². The molecule has 0 heterocycles. The van der Waals surface area contributed by atoms with Crippen LogP contribution in [-0.2, 0) is 21.4 Å². The first kappa shape index (κ1) is 24.3. The molecule has 0 saturated heterocycles. The van der Waals surface area contributed by atoms with Crippen LogP contribution in [0.15, 0.2) is 83.8 Å². The van der Waals surface area contributed by atoms with Gasteiger partial charge in [0.05, 0.1) is 18.0 Å². The average Bonchev–Trinajstić information content (AvgIpc) is 2.83. The molecule has 33 heavy (non-hydrogen) atoms. The van der Waals surface area contributed by atoms with Gasteiger partial charge in [0.2, 0.25) is 10.0 Å². The van der Waals surface area contributed by atoms with Gasteiger partial charge in [0.25, 0.3) is 5.91 Å². The highest BCUT2D eigenvalue weighted by Crippen LogP contribution is 2.21. The predicted octanol–water partition coefficient (Wildman–Crippen LogP) is 3.77. The van der Waals surface area contributed by atoms with Crippen molar-refractivity contribution in [1.29, 1.82) is 0 Å². The number of benzene rings is 3. The number of methoxy groups -OCH3 is 1. The zero-order chi connectivity index (χ0) is 23.8. The molecule has 0 spiro atoms. The summed E-state index contributed by atoms with van der Waals surface area (Å²) in [5.74, 6) is 0.877. The topological polar surface area (TPSA) is 84.9 Å². The molecule has 7 nitrogen and oxygen atoms in total. The summed E-state index contributed by atoms with van der Waals surface area (Å²) < 4.78 is 37.6. The third-order valence-electron chi connectivity index (χ3n) is 5.14. The Morgan fingerprint density at radius 2 is 1.55 bits per heavy atom. The highest BCUT2D eigenvalue weighted by molar-refractivity contribution is 7.89. The van der Waals surface area contributed by atoms with Crippen LogP contribution in [0, 0.1) is 0 Å². The first-order valence-electron chi connectivity index (χ1n) is 10.5. The summed E-state index contributed by atoms with van der Waals surface area (Å²) in [5, 5.41) is 2.87. The van der Waals surface area contributed by atoms with Crippen LogP contribution in [0.2, 0.25) is 0 Å². The van der Waals surface area contributed by atoms with Crippen LogP contribution in [0.25, 0.3) is 0 Å². The Bertz CT molecular complexity index is 1150. The Morgan fingerprint density at radius 1 is 0.939 bits per heavy atom. The van der Waals surface area contributed by atoms with E-state index in [1.165, 1.54) is 16.4 Å². The summed E-state index contributed by atoms with van der Waals surface area (Å²) >= 11 is 0. The second kappa shape index (κ2) is 11.0. The lowest BCUT2D eigenvalue weighted by Crippen LogP contribution is -2.31. The van der Waals surface area contributed by atoms with Gasteiger partial charge in [0, 0.05) is 13.6 Å². The van der Waals surface area contributed by atoms with Gasteiger partial charge in [-0.3, -0.25) is 4.79 Å². The molecule has 1 amide bonds. The molecular formula is C25H28N2O5S. The molecule has 1 N–H and O–H groups in total. The predicted molar refractivity (Wildman–Crippen MR) is 127 cm³/mol. The van der Waals surface area contributed by atoms with E-state index in [1.54, 1.807) is 26.3 Å². The zero-order valence-electron chi connectivity index (χ0n) is 18.9. The monoisotopic (exact) mass is 468 g/mol. The van der Waals surface area contributed by atoms with Gasteiger partial charge < -0.3 is 14.8 Å². The minimum absolute atomic E-state index is 0.158. The Hall–Kier alpha value is -3.36. The summed E-state index contributed by atoms with van der Waals surface area (Å²) in [5.41, 5.74) is 1.84. The smallest absolute Gasteiger partial charge is 0.258 e. The van der Waals surface area contributed by atoms with Crippen LogP contribution in [-0.4, -0.2) is 39.4 Å². The lowest BCUT2D eigenvalue weighted by atomic mass is 10.1. The summed E-state index contributed by atoms with van der Waals surface area (Å²) in [6.07, 6.45) is 0. The van der Waals surface area contributed by atoms with Crippen molar-refractivity contribution < 1.29 is 22.7 Å². The van der Waals surface area contributed by atoms with Gasteiger partial charge in [0.15, 0.2) is 6.61 Å². The molecule has 3 rings (SSSR count). The zero-order valence-corrected chi connectivity index (χ0v) is 19.7. The van der Waals surface area contributed by atoms with Crippen molar-refractivity contribution in [3.8, 4) is 11.5 Å². The normalized spacial score (nSPS) is 12.2. The summed E-state index contributed by atoms with van der Waals surface area (Å²) in [6, 6.07) is 22.7. The van der Waals surface area contributed by atoms with E-state index in [9.17, 15) is 13.2 Å². The van der Waals surface area contributed by atoms with Gasteiger partial charge in [-0.25, -0.2) is 8.42 Å². The minimum Gasteiger partial charge on any atom is -0.497 e. The maximum Gasteiger partial charge on any atom is 0.258 e. The van der Waals surface area contributed by atoms with Crippen LogP contribution in [0.5, 0.6) is 11.5 Å². The lowest BCUT2D eigenvalue weighted by molar-refractivity contribution is -0.123. The molecule has 0 bridgehead atoms. The van der Waals surface area contributed by atoms with Gasteiger partial charge in [-0.05, 0) is 54.4 Å². The maximum atomic E-state index is 12.8. The third kappa shape index (κ3) is 6.57. The van der Waals surface area contributed by atoms with E-state index in [1.807, 2.05) is 61.5 Å². The summed E-state index contributed by atoms with van der Waals surface area (Å²) in [6.45, 7) is 1.97. The van der Waals surface area contributed by atoms with Crippen LogP contribution in [0.4, 0.5) is 0 Å². The Kier molecular flexibility index (Phi) is 8.08. The van der Waals surface area contributed by atoms with E-state index in [0.717, 1.165) is 16.9 Å². The standard InChI is InChI=1S/C25H28N2O5S/c1-19(21-9-11-22(31-3)12-10-21)26-25(28)18-32-23-13-15-24(16-14-23)33(29,30)27(2)17-20-7-5-4-6-8-20/h4-16,19H,17-18H2,1-3H3,(H,26,28). The molecule has 3 aromatic rings. The first-order chi connectivity index (χ1) is 15.8. The van der Waals surface area contributed by atoms with Gasteiger partial charge in [-0.2, -0.15) is 4.31 Å². The van der Waals surface area contributed by atoms with E-state index in [2.05, 4.69) is 5.32 Å². The number of hydrogen-bond donors (Lipinski definition) is 1. The van der Waals surface area contributed by atoms with Crippen molar-refractivity contribution in [3.05, 3.63) is 90.0 Å². The number of rotatable bonds is 10. The number of sulfonamides is 1. The van der Waals surface area contributed by atoms with Crippen molar-refractivity contribution in [3.63, 3.8) is 0 Å². The van der Waals surface area contributed by atoms with Crippen molar-refractivity contribution in [2.45, 2.75) is 24.4 Å². The van der Waals surface area contributed by atoms with Crippen LogP contribution >= 0.6 is 0 Å². The number of nitrogens with zero attached hydrogens (tertiary/aromatic N) is 1. The van der Waals surface area contributed by atoms with E-state index in [4.69, 9.17) is 9.47 Å². The van der Waals surface area contributed by atoms with Crippen molar-refractivity contribution in [2.24, 2.45) is 0 Å². The Morgan fingerprint density at radius 3 is 2.15 bits per heavy atom. The number of ether oxygens (including phenoxy) is 2. The fourth-order valence-electron chi connectivity index (χ4n) is 3.22. The van der Waals surface area contributed by atoms with Crippen LogP contribution in [0.1, 0.15) is 24.1 Å². The molecule has 0 aliphatic carbocycles. The molecule has 0 fully saturated rings. The van der Waals surface area contributed by atoms with Crippen molar-refractivity contribution in [1.82, 2.24) is 9.62 Å².